The van der Waals surface area contributed by atoms with Crippen LogP contribution in [0.1, 0.15) is 65.2 Å². The maximum absolute atomic E-state index is 12.5. The second kappa shape index (κ2) is 8.18. The fraction of sp³-hybridized carbons (Fsp3) is 0.600. The van der Waals surface area contributed by atoms with Gasteiger partial charge in [0.1, 0.15) is 12.1 Å². The molecule has 5 rings (SSSR count). The highest BCUT2D eigenvalue weighted by Gasteiger charge is 2.57. The van der Waals surface area contributed by atoms with Gasteiger partial charge >= 0.3 is 0 Å². The van der Waals surface area contributed by atoms with E-state index in [9.17, 15) is 9.59 Å². The maximum atomic E-state index is 12.5. The van der Waals surface area contributed by atoms with Crippen molar-refractivity contribution in [3.63, 3.8) is 0 Å². The maximum Gasteiger partial charge on any atom is 0.145 e. The molecule has 0 spiro atoms. The molecule has 0 N–H and O–H groups in total. The molecule has 0 unspecified atom stereocenters. The van der Waals surface area contributed by atoms with Crippen molar-refractivity contribution >= 4 is 25.3 Å². The number of hydrogen-bond donors (Lipinski definition) is 0. The van der Waals surface area contributed by atoms with E-state index < -0.39 is 8.07 Å². The summed E-state index contributed by atoms with van der Waals surface area (Å²) in [7, 11) is -1.73. The van der Waals surface area contributed by atoms with Crippen molar-refractivity contribution in [2.45, 2.75) is 84.4 Å². The van der Waals surface area contributed by atoms with Crippen molar-refractivity contribution in [2.75, 3.05) is 0 Å². The summed E-state index contributed by atoms with van der Waals surface area (Å²) in [6.45, 7) is 9.78. The van der Waals surface area contributed by atoms with Crippen molar-refractivity contribution in [1.82, 2.24) is 0 Å². The zero-order chi connectivity index (χ0) is 23.4. The molecule has 0 heterocycles. The normalized spacial score (nSPS) is 37.5. The minimum absolute atomic E-state index is 0.171. The van der Waals surface area contributed by atoms with E-state index in [1.165, 1.54) is 41.9 Å². The van der Waals surface area contributed by atoms with E-state index in [-0.39, 0.29) is 10.8 Å². The lowest BCUT2D eigenvalue weighted by molar-refractivity contribution is -0.122. The largest absolute Gasteiger partial charge is 0.299 e. The van der Waals surface area contributed by atoms with Crippen LogP contribution in [0.15, 0.2) is 53.1 Å². The first-order chi connectivity index (χ1) is 15.7. The highest BCUT2D eigenvalue weighted by Crippen LogP contribution is 2.66. The fourth-order valence-electron chi connectivity index (χ4n) is 8.50. The van der Waals surface area contributed by atoms with Gasteiger partial charge in [-0.15, -0.1) is 0 Å². The highest BCUT2D eigenvalue weighted by molar-refractivity contribution is 6.90. The van der Waals surface area contributed by atoms with Crippen molar-refractivity contribution in [3.05, 3.63) is 53.1 Å². The lowest BCUT2D eigenvalue weighted by Crippen LogP contribution is -2.49. The first-order valence-electron chi connectivity index (χ1n) is 13.1. The SMILES string of the molecule is C[C@]12CCC(=O)CC1=CC[C@@H]1[C@@H]2CC[C@]2(C)/C(=C(/C=O)C[Si](C)(C)c3ccccc3)CC[C@@H]12. The predicted molar refractivity (Wildman–Crippen MR) is 138 cm³/mol. The molecular formula is C30H40O2Si. The van der Waals surface area contributed by atoms with Gasteiger partial charge in [0, 0.05) is 12.8 Å². The van der Waals surface area contributed by atoms with Crippen LogP contribution >= 0.6 is 0 Å². The summed E-state index contributed by atoms with van der Waals surface area (Å²) in [6.07, 6.45) is 12.1. The van der Waals surface area contributed by atoms with Gasteiger partial charge in [0.05, 0.1) is 8.07 Å². The van der Waals surface area contributed by atoms with Crippen molar-refractivity contribution in [1.29, 1.82) is 0 Å². The number of fused-ring (bicyclic) bond motifs is 5. The number of carbonyl (C=O) groups is 2. The Balaban J connectivity index is 1.45. The Morgan fingerprint density at radius 3 is 2.48 bits per heavy atom. The van der Waals surface area contributed by atoms with Crippen molar-refractivity contribution in [2.24, 2.45) is 28.6 Å². The van der Waals surface area contributed by atoms with Crippen LogP contribution in [-0.4, -0.2) is 20.1 Å². The standard InChI is InChI=1S/C30H40O2Si/c1-29-16-14-23(32)18-22(29)10-11-25-27-13-12-26(30(27,2)17-15-28(25)29)21(19-31)20-33(3,4)24-8-6-5-7-9-24/h5-10,19,25,27-28H,11-18,20H2,1-4H3/b26-21-/t25-,27-,28-,29-,30+/m0/s1. The van der Waals surface area contributed by atoms with Crippen LogP contribution in [0.4, 0.5) is 0 Å². The van der Waals surface area contributed by atoms with Gasteiger partial charge in [-0.3, -0.25) is 9.59 Å². The van der Waals surface area contributed by atoms with E-state index in [4.69, 9.17) is 0 Å². The molecule has 0 radical (unpaired) electrons. The van der Waals surface area contributed by atoms with Gasteiger partial charge in [-0.2, -0.15) is 0 Å². The summed E-state index contributed by atoms with van der Waals surface area (Å²) in [5.74, 6) is 2.52. The zero-order valence-corrected chi connectivity index (χ0v) is 22.0. The van der Waals surface area contributed by atoms with Gasteiger partial charge in [-0.05, 0) is 78.7 Å². The summed E-state index contributed by atoms with van der Waals surface area (Å²) in [5, 5.41) is 1.44. The number of allylic oxidation sites excluding steroid dienone is 4. The van der Waals surface area contributed by atoms with E-state index in [1.54, 1.807) is 0 Å². The Hall–Kier alpha value is -1.74. The lowest BCUT2D eigenvalue weighted by Gasteiger charge is -2.57. The molecule has 0 bridgehead atoms. The molecule has 3 fully saturated rings. The van der Waals surface area contributed by atoms with Crippen LogP contribution in [0.25, 0.3) is 0 Å². The monoisotopic (exact) mass is 460 g/mol. The number of ketones is 1. The number of carbonyl (C=O) groups excluding carboxylic acids is 2. The molecule has 4 aliphatic rings. The minimum atomic E-state index is -1.73. The van der Waals surface area contributed by atoms with E-state index in [1.807, 2.05) is 0 Å². The summed E-state index contributed by atoms with van der Waals surface area (Å²) < 4.78 is 0. The van der Waals surface area contributed by atoms with E-state index >= 15 is 0 Å². The Kier molecular flexibility index (Phi) is 5.71. The molecule has 0 aromatic heterocycles. The molecule has 0 aliphatic heterocycles. The van der Waals surface area contributed by atoms with Gasteiger partial charge in [-0.25, -0.2) is 0 Å². The highest BCUT2D eigenvalue weighted by atomic mass is 28.3. The number of rotatable bonds is 4. The Labute approximate surface area is 200 Å². The quantitative estimate of drug-likeness (QED) is 0.219. The van der Waals surface area contributed by atoms with Crippen LogP contribution in [0.2, 0.25) is 19.1 Å². The molecule has 176 valence electrons. The molecule has 0 saturated heterocycles. The van der Waals surface area contributed by atoms with Crippen LogP contribution in [0, 0.1) is 28.6 Å². The predicted octanol–water partition coefficient (Wildman–Crippen LogP) is 6.63. The fourth-order valence-corrected chi connectivity index (χ4v) is 11.1. The van der Waals surface area contributed by atoms with Crippen LogP contribution in [0.3, 0.4) is 0 Å². The van der Waals surface area contributed by atoms with Gasteiger partial charge in [0.25, 0.3) is 0 Å². The number of aldehydes is 1. The molecule has 3 saturated carbocycles. The third kappa shape index (κ3) is 3.66. The first kappa shape index (κ1) is 23.0. The number of benzene rings is 1. The first-order valence-corrected chi connectivity index (χ1v) is 16.3. The third-order valence-electron chi connectivity index (χ3n) is 10.4. The van der Waals surface area contributed by atoms with Crippen LogP contribution in [0.5, 0.6) is 0 Å². The van der Waals surface area contributed by atoms with Gasteiger partial charge < -0.3 is 0 Å². The molecule has 4 aliphatic carbocycles. The summed E-state index contributed by atoms with van der Waals surface area (Å²) >= 11 is 0. The van der Waals surface area contributed by atoms with Gasteiger partial charge in [0.15, 0.2) is 0 Å². The van der Waals surface area contributed by atoms with E-state index in [0.29, 0.717) is 30.0 Å². The molecule has 0 amide bonds. The van der Waals surface area contributed by atoms with E-state index in [0.717, 1.165) is 37.3 Å². The second-order valence-electron chi connectivity index (χ2n) is 12.5. The van der Waals surface area contributed by atoms with Crippen LogP contribution < -0.4 is 5.19 Å². The summed E-state index contributed by atoms with van der Waals surface area (Å²) in [5.41, 5.74) is 4.46. The molecule has 2 nitrogen and oxygen atoms in total. The Bertz CT molecular complexity index is 1020. The smallest absolute Gasteiger partial charge is 0.145 e. The van der Waals surface area contributed by atoms with Crippen molar-refractivity contribution < 1.29 is 9.59 Å². The molecule has 33 heavy (non-hydrogen) atoms. The molecule has 3 heteroatoms. The topological polar surface area (TPSA) is 34.1 Å². The molecular weight excluding hydrogens is 420 g/mol. The Morgan fingerprint density at radius 1 is 1.03 bits per heavy atom. The second-order valence-corrected chi connectivity index (χ2v) is 17.2. The number of hydrogen-bond acceptors (Lipinski definition) is 2. The lowest BCUT2D eigenvalue weighted by atomic mass is 9.48. The average Bonchev–Trinajstić information content (AvgIpc) is 3.16. The average molecular weight is 461 g/mol. The minimum Gasteiger partial charge on any atom is -0.299 e. The zero-order valence-electron chi connectivity index (χ0n) is 21.0. The molecule has 1 aromatic carbocycles. The van der Waals surface area contributed by atoms with Crippen LogP contribution in [-0.2, 0) is 9.59 Å². The van der Waals surface area contributed by atoms with Gasteiger partial charge in [0.2, 0.25) is 0 Å². The molecule has 1 aromatic rings. The summed E-state index contributed by atoms with van der Waals surface area (Å²) in [6, 6.07) is 11.8. The summed E-state index contributed by atoms with van der Waals surface area (Å²) in [4.78, 5) is 24.6. The molecule has 5 atom stereocenters. The number of Topliss-reactive ketones (excluding diaryl/α,β-unsaturated/α-hetero) is 1. The third-order valence-corrected chi connectivity index (χ3v) is 13.6. The van der Waals surface area contributed by atoms with Gasteiger partial charge in [-0.1, -0.05) is 79.7 Å². The van der Waals surface area contributed by atoms with Crippen molar-refractivity contribution in [3.8, 4) is 0 Å². The Morgan fingerprint density at radius 2 is 1.76 bits per heavy atom. The van der Waals surface area contributed by atoms with E-state index in [2.05, 4.69) is 63.3 Å².